The van der Waals surface area contributed by atoms with Crippen LogP contribution in [0.3, 0.4) is 0 Å². The van der Waals surface area contributed by atoms with Gasteiger partial charge in [-0.15, -0.1) is 0 Å². The van der Waals surface area contributed by atoms with Crippen molar-refractivity contribution in [2.24, 2.45) is 0 Å². The van der Waals surface area contributed by atoms with E-state index < -0.39 is 4.92 Å². The van der Waals surface area contributed by atoms with Crippen molar-refractivity contribution in [1.29, 1.82) is 0 Å². The molecule has 0 spiro atoms. The summed E-state index contributed by atoms with van der Waals surface area (Å²) < 4.78 is 0.881. The Hall–Kier alpha value is -1.63. The Morgan fingerprint density at radius 2 is 1.71 bits per heavy atom. The number of nitro groups is 1. The van der Waals surface area contributed by atoms with Crippen molar-refractivity contribution >= 4 is 28.3 Å². The number of para-hydroxylation sites is 1. The van der Waals surface area contributed by atoms with Crippen molar-refractivity contribution in [2.45, 2.75) is 0 Å². The maximum atomic E-state index is 10.2. The van der Waals surface area contributed by atoms with Gasteiger partial charge in [0.05, 0.1) is 4.92 Å². The van der Waals surface area contributed by atoms with Gasteiger partial charge in [-0.05, 0) is 40.8 Å². The minimum atomic E-state index is -0.401. The molecule has 4 nitrogen and oxygen atoms in total. The van der Waals surface area contributed by atoms with E-state index in [0.29, 0.717) is 5.75 Å². The molecule has 0 unspecified atom stereocenters. The Bertz CT molecular complexity index is 488. The molecular weight excluding hydrogens is 333 g/mol. The van der Waals surface area contributed by atoms with Crippen LogP contribution in [0.4, 0.5) is 5.69 Å². The topological polar surface area (TPSA) is 63.4 Å². The average molecular weight is 343 g/mol. The van der Waals surface area contributed by atoms with Crippen LogP contribution in [0.5, 0.6) is 5.75 Å². The van der Waals surface area contributed by atoms with Gasteiger partial charge in [0.2, 0.25) is 0 Å². The van der Waals surface area contributed by atoms with Gasteiger partial charge in [-0.3, -0.25) is 10.1 Å². The molecule has 88 valence electrons. The van der Waals surface area contributed by atoms with Gasteiger partial charge in [-0.25, -0.2) is 0 Å². The highest BCUT2D eigenvalue weighted by atomic mass is 127. The number of hydrogen-bond acceptors (Lipinski definition) is 3. The Labute approximate surface area is 112 Å². The van der Waals surface area contributed by atoms with Crippen LogP contribution in [0.2, 0.25) is 0 Å². The van der Waals surface area contributed by atoms with Crippen molar-refractivity contribution in [3.05, 3.63) is 68.3 Å². The molecule has 2 rings (SSSR count). The molecule has 17 heavy (non-hydrogen) atoms. The van der Waals surface area contributed by atoms with E-state index in [0.717, 1.165) is 3.57 Å². The maximum absolute atomic E-state index is 10.2. The van der Waals surface area contributed by atoms with Crippen LogP contribution >= 0.6 is 22.6 Å². The van der Waals surface area contributed by atoms with Gasteiger partial charge in [0, 0.05) is 15.7 Å². The van der Waals surface area contributed by atoms with Gasteiger partial charge >= 0.3 is 0 Å². The van der Waals surface area contributed by atoms with E-state index in [-0.39, 0.29) is 5.69 Å². The summed E-state index contributed by atoms with van der Waals surface area (Å²) in [5, 5.41) is 18.8. The minimum Gasteiger partial charge on any atom is -0.508 e. The Balaban J connectivity index is 0.000000181. The minimum absolute atomic E-state index is 0.145. The zero-order chi connectivity index (χ0) is 12.7. The van der Waals surface area contributed by atoms with Gasteiger partial charge in [-0.1, -0.05) is 24.3 Å². The fraction of sp³-hybridized carbons (Fsp3) is 0. The van der Waals surface area contributed by atoms with Crippen molar-refractivity contribution in [3.8, 4) is 5.75 Å². The molecular formula is C12H10INO3. The number of benzene rings is 2. The number of non-ortho nitro benzene ring substituents is 1. The number of halogens is 1. The normalized spacial score (nSPS) is 9.00. The molecule has 2 aromatic carbocycles. The van der Waals surface area contributed by atoms with Crippen LogP contribution in [0, 0.1) is 13.7 Å². The monoisotopic (exact) mass is 343 g/mol. The molecule has 0 aromatic heterocycles. The highest BCUT2D eigenvalue weighted by molar-refractivity contribution is 14.1. The van der Waals surface area contributed by atoms with E-state index >= 15 is 0 Å². The van der Waals surface area contributed by atoms with E-state index in [4.69, 9.17) is 5.11 Å². The molecule has 0 radical (unpaired) electrons. The second-order valence-electron chi connectivity index (χ2n) is 3.07. The number of aromatic hydroxyl groups is 1. The third-order valence-corrected chi connectivity index (χ3v) is 2.45. The highest BCUT2D eigenvalue weighted by Crippen LogP contribution is 2.13. The third kappa shape index (κ3) is 5.30. The molecule has 0 amide bonds. The summed E-state index contributed by atoms with van der Waals surface area (Å²) in [6, 6.07) is 15.2. The van der Waals surface area contributed by atoms with Crippen molar-refractivity contribution < 1.29 is 10.0 Å². The van der Waals surface area contributed by atoms with Crippen molar-refractivity contribution in [1.82, 2.24) is 0 Å². The first-order valence-electron chi connectivity index (χ1n) is 4.73. The average Bonchev–Trinajstić information content (AvgIpc) is 2.31. The lowest BCUT2D eigenvalue weighted by Crippen LogP contribution is -1.86. The molecule has 0 bridgehead atoms. The molecule has 5 heteroatoms. The zero-order valence-corrected chi connectivity index (χ0v) is 10.9. The number of hydrogen-bond donors (Lipinski definition) is 1. The fourth-order valence-electron chi connectivity index (χ4n) is 1.02. The smallest absolute Gasteiger partial charge is 0.270 e. The molecule has 0 fully saturated rings. The van der Waals surface area contributed by atoms with Crippen molar-refractivity contribution in [3.63, 3.8) is 0 Å². The SMILES string of the molecule is O=[N+]([O-])c1cccc(I)c1.Oc1ccccc1. The second kappa shape index (κ2) is 6.85. The first-order chi connectivity index (χ1) is 8.09. The summed E-state index contributed by atoms with van der Waals surface area (Å²) in [5.74, 6) is 0.322. The molecule has 0 saturated carbocycles. The van der Waals surface area contributed by atoms with Crippen LogP contribution < -0.4 is 0 Å². The van der Waals surface area contributed by atoms with Gasteiger partial charge in [0.15, 0.2) is 0 Å². The van der Waals surface area contributed by atoms with Crippen LogP contribution in [0.25, 0.3) is 0 Å². The molecule has 0 atom stereocenters. The zero-order valence-electron chi connectivity index (χ0n) is 8.79. The number of phenols is 1. The lowest BCUT2D eigenvalue weighted by atomic mass is 10.3. The summed E-state index contributed by atoms with van der Waals surface area (Å²) in [6.07, 6.45) is 0. The third-order valence-electron chi connectivity index (χ3n) is 1.78. The predicted octanol–water partition coefficient (Wildman–Crippen LogP) is 3.59. The summed E-state index contributed by atoms with van der Waals surface area (Å²) in [4.78, 5) is 9.75. The van der Waals surface area contributed by atoms with E-state index in [1.54, 1.807) is 30.3 Å². The van der Waals surface area contributed by atoms with Gasteiger partial charge in [0.1, 0.15) is 5.75 Å². The Morgan fingerprint density at radius 1 is 1.06 bits per heavy atom. The van der Waals surface area contributed by atoms with E-state index in [1.807, 2.05) is 34.7 Å². The highest BCUT2D eigenvalue weighted by Gasteiger charge is 2.02. The van der Waals surface area contributed by atoms with Crippen LogP contribution in [-0.4, -0.2) is 10.0 Å². The van der Waals surface area contributed by atoms with Crippen molar-refractivity contribution in [2.75, 3.05) is 0 Å². The van der Waals surface area contributed by atoms with E-state index in [1.165, 1.54) is 12.1 Å². The van der Waals surface area contributed by atoms with E-state index in [2.05, 4.69) is 0 Å². The molecule has 1 N–H and O–H groups in total. The number of nitrogens with zero attached hydrogens (tertiary/aromatic N) is 1. The molecule has 0 heterocycles. The Morgan fingerprint density at radius 3 is 2.06 bits per heavy atom. The molecule has 0 aliphatic rings. The maximum Gasteiger partial charge on any atom is 0.270 e. The second-order valence-corrected chi connectivity index (χ2v) is 4.32. The quantitative estimate of drug-likeness (QED) is 0.489. The summed E-state index contributed by atoms with van der Waals surface area (Å²) in [7, 11) is 0. The van der Waals surface area contributed by atoms with Gasteiger partial charge in [0.25, 0.3) is 5.69 Å². The lowest BCUT2D eigenvalue weighted by Gasteiger charge is -1.89. The van der Waals surface area contributed by atoms with Crippen LogP contribution in [-0.2, 0) is 0 Å². The molecule has 0 saturated heterocycles. The molecule has 0 aliphatic carbocycles. The van der Waals surface area contributed by atoms with Crippen LogP contribution in [0.15, 0.2) is 54.6 Å². The first-order valence-corrected chi connectivity index (χ1v) is 5.81. The van der Waals surface area contributed by atoms with Crippen LogP contribution in [0.1, 0.15) is 0 Å². The summed E-state index contributed by atoms with van der Waals surface area (Å²) >= 11 is 2.03. The summed E-state index contributed by atoms with van der Waals surface area (Å²) in [6.45, 7) is 0. The predicted molar refractivity (Wildman–Crippen MR) is 73.9 cm³/mol. The van der Waals surface area contributed by atoms with E-state index in [9.17, 15) is 10.1 Å². The number of phenolic OH excluding ortho intramolecular Hbond substituents is 1. The number of rotatable bonds is 1. The molecule has 2 aromatic rings. The standard InChI is InChI=1S/C6H4INO2.C6H6O/c7-5-2-1-3-6(4-5)8(9)10;7-6-4-2-1-3-5-6/h1-4H;1-5,7H. The Kier molecular flexibility index (Phi) is 5.41. The summed E-state index contributed by atoms with van der Waals surface area (Å²) in [5.41, 5.74) is 0.145. The number of nitro benzene ring substituents is 1. The molecule has 0 aliphatic heterocycles. The lowest BCUT2D eigenvalue weighted by molar-refractivity contribution is -0.384. The van der Waals surface area contributed by atoms with Gasteiger partial charge < -0.3 is 5.11 Å². The van der Waals surface area contributed by atoms with Gasteiger partial charge in [-0.2, -0.15) is 0 Å². The largest absolute Gasteiger partial charge is 0.508 e. The fourth-order valence-corrected chi connectivity index (χ4v) is 1.54. The first kappa shape index (κ1) is 13.4.